The molecule has 2 N–H and O–H groups in total. The third-order valence-electron chi connectivity index (χ3n) is 1.93. The predicted molar refractivity (Wildman–Crippen MR) is 57.5 cm³/mol. The van der Waals surface area contributed by atoms with E-state index in [1.54, 1.807) is 6.07 Å². The Morgan fingerprint density at radius 1 is 1.57 bits per heavy atom. The summed E-state index contributed by atoms with van der Waals surface area (Å²) in [5.41, 5.74) is 0.978. The van der Waals surface area contributed by atoms with Crippen molar-refractivity contribution in [1.82, 2.24) is 5.32 Å². The van der Waals surface area contributed by atoms with Crippen LogP contribution in [-0.2, 0) is 6.54 Å². The molecule has 0 radical (unpaired) electrons. The van der Waals surface area contributed by atoms with E-state index in [0.29, 0.717) is 6.54 Å². The van der Waals surface area contributed by atoms with Crippen molar-refractivity contribution in [3.8, 4) is 0 Å². The second kappa shape index (κ2) is 5.44. The molecule has 0 unspecified atom stereocenters. The first-order valence-electron chi connectivity index (χ1n) is 4.41. The van der Waals surface area contributed by atoms with E-state index >= 15 is 0 Å². The SMILES string of the molecule is C[C@@H](CO)NCc1ccc(F)cc1Br. The van der Waals surface area contributed by atoms with E-state index in [1.807, 2.05) is 6.92 Å². The lowest BCUT2D eigenvalue weighted by atomic mass is 10.2. The minimum atomic E-state index is -0.254. The summed E-state index contributed by atoms with van der Waals surface area (Å²) in [4.78, 5) is 0. The zero-order chi connectivity index (χ0) is 10.6. The van der Waals surface area contributed by atoms with Gasteiger partial charge in [0.2, 0.25) is 0 Å². The number of aliphatic hydroxyl groups is 1. The number of rotatable bonds is 4. The number of halogens is 2. The van der Waals surface area contributed by atoms with Gasteiger partial charge in [0.05, 0.1) is 6.61 Å². The molecule has 0 heterocycles. The topological polar surface area (TPSA) is 32.3 Å². The maximum absolute atomic E-state index is 12.7. The average molecular weight is 262 g/mol. The normalized spacial score (nSPS) is 12.9. The number of aliphatic hydroxyl groups excluding tert-OH is 1. The van der Waals surface area contributed by atoms with Crippen LogP contribution in [-0.4, -0.2) is 17.8 Å². The molecule has 0 aliphatic heterocycles. The summed E-state index contributed by atoms with van der Waals surface area (Å²) in [5, 5.41) is 11.9. The van der Waals surface area contributed by atoms with Gasteiger partial charge in [-0.3, -0.25) is 0 Å². The van der Waals surface area contributed by atoms with Crippen molar-refractivity contribution in [3.63, 3.8) is 0 Å². The van der Waals surface area contributed by atoms with Gasteiger partial charge in [0.15, 0.2) is 0 Å². The van der Waals surface area contributed by atoms with Crippen LogP contribution in [0, 0.1) is 5.82 Å². The van der Waals surface area contributed by atoms with E-state index < -0.39 is 0 Å². The van der Waals surface area contributed by atoms with Crippen LogP contribution < -0.4 is 5.32 Å². The molecule has 2 nitrogen and oxygen atoms in total. The highest BCUT2D eigenvalue weighted by molar-refractivity contribution is 9.10. The molecule has 78 valence electrons. The third kappa shape index (κ3) is 3.36. The standard InChI is InChI=1S/C10H13BrFNO/c1-7(6-14)13-5-8-2-3-9(12)4-10(8)11/h2-4,7,13-14H,5-6H2,1H3/t7-/m0/s1. The molecular weight excluding hydrogens is 249 g/mol. The van der Waals surface area contributed by atoms with Gasteiger partial charge in [0, 0.05) is 17.1 Å². The highest BCUT2D eigenvalue weighted by atomic mass is 79.9. The fourth-order valence-electron chi connectivity index (χ4n) is 1.01. The van der Waals surface area contributed by atoms with Crippen LogP contribution in [0.5, 0.6) is 0 Å². The second-order valence-corrected chi connectivity index (χ2v) is 4.05. The summed E-state index contributed by atoms with van der Waals surface area (Å²) < 4.78 is 13.5. The summed E-state index contributed by atoms with van der Waals surface area (Å²) in [6.45, 7) is 2.60. The molecule has 0 saturated heterocycles. The first-order valence-corrected chi connectivity index (χ1v) is 5.21. The first kappa shape index (κ1) is 11.6. The molecule has 0 saturated carbocycles. The molecule has 0 aromatic heterocycles. The molecular formula is C10H13BrFNO. The van der Waals surface area contributed by atoms with Gasteiger partial charge < -0.3 is 10.4 Å². The Labute approximate surface area is 91.3 Å². The van der Waals surface area contributed by atoms with Crippen LogP contribution in [0.15, 0.2) is 22.7 Å². The van der Waals surface area contributed by atoms with E-state index in [-0.39, 0.29) is 18.5 Å². The van der Waals surface area contributed by atoms with Crippen LogP contribution in [0.1, 0.15) is 12.5 Å². The molecule has 0 aliphatic carbocycles. The smallest absolute Gasteiger partial charge is 0.124 e. The van der Waals surface area contributed by atoms with Gasteiger partial charge in [0.1, 0.15) is 5.82 Å². The van der Waals surface area contributed by atoms with Crippen molar-refractivity contribution in [3.05, 3.63) is 34.1 Å². The largest absolute Gasteiger partial charge is 0.395 e. The molecule has 0 bridgehead atoms. The Bertz CT molecular complexity index is 306. The molecule has 0 fully saturated rings. The van der Waals surface area contributed by atoms with Crippen molar-refractivity contribution in [2.75, 3.05) is 6.61 Å². The second-order valence-electron chi connectivity index (χ2n) is 3.20. The highest BCUT2D eigenvalue weighted by Crippen LogP contribution is 2.17. The molecule has 0 aliphatic rings. The van der Waals surface area contributed by atoms with E-state index in [0.717, 1.165) is 10.0 Å². The number of benzene rings is 1. The number of hydrogen-bond acceptors (Lipinski definition) is 2. The van der Waals surface area contributed by atoms with Crippen LogP contribution >= 0.6 is 15.9 Å². The molecule has 1 aromatic rings. The van der Waals surface area contributed by atoms with Crippen molar-refractivity contribution in [2.45, 2.75) is 19.5 Å². The minimum absolute atomic E-state index is 0.0481. The Balaban J connectivity index is 2.59. The fraction of sp³-hybridized carbons (Fsp3) is 0.400. The van der Waals surface area contributed by atoms with Gasteiger partial charge in [-0.25, -0.2) is 4.39 Å². The van der Waals surface area contributed by atoms with Crippen molar-refractivity contribution in [2.24, 2.45) is 0 Å². The van der Waals surface area contributed by atoms with Gasteiger partial charge in [-0.05, 0) is 24.6 Å². The van der Waals surface area contributed by atoms with Gasteiger partial charge in [-0.15, -0.1) is 0 Å². The van der Waals surface area contributed by atoms with Crippen LogP contribution in [0.3, 0.4) is 0 Å². The van der Waals surface area contributed by atoms with E-state index in [1.165, 1.54) is 12.1 Å². The maximum atomic E-state index is 12.7. The van der Waals surface area contributed by atoms with Crippen molar-refractivity contribution >= 4 is 15.9 Å². The molecule has 0 spiro atoms. The molecule has 1 rings (SSSR count). The van der Waals surface area contributed by atoms with Crippen LogP contribution in [0.2, 0.25) is 0 Å². The summed E-state index contributed by atoms with van der Waals surface area (Å²) in [6.07, 6.45) is 0. The average Bonchev–Trinajstić information content (AvgIpc) is 2.16. The van der Waals surface area contributed by atoms with Gasteiger partial charge in [-0.1, -0.05) is 22.0 Å². The highest BCUT2D eigenvalue weighted by Gasteiger charge is 2.03. The number of hydrogen-bond donors (Lipinski definition) is 2. The van der Waals surface area contributed by atoms with E-state index in [2.05, 4.69) is 21.2 Å². The summed E-state index contributed by atoms with van der Waals surface area (Å²) in [5.74, 6) is -0.254. The predicted octanol–water partition coefficient (Wildman–Crippen LogP) is 2.06. The lowest BCUT2D eigenvalue weighted by Crippen LogP contribution is -2.28. The summed E-state index contributed by atoms with van der Waals surface area (Å²) >= 11 is 3.28. The minimum Gasteiger partial charge on any atom is -0.395 e. The zero-order valence-corrected chi connectivity index (χ0v) is 9.51. The van der Waals surface area contributed by atoms with Crippen molar-refractivity contribution in [1.29, 1.82) is 0 Å². The van der Waals surface area contributed by atoms with Gasteiger partial charge >= 0.3 is 0 Å². The van der Waals surface area contributed by atoms with Gasteiger partial charge in [-0.2, -0.15) is 0 Å². The number of nitrogens with one attached hydrogen (secondary N) is 1. The molecule has 1 atom stereocenters. The van der Waals surface area contributed by atoms with Crippen LogP contribution in [0.25, 0.3) is 0 Å². The van der Waals surface area contributed by atoms with E-state index in [9.17, 15) is 4.39 Å². The maximum Gasteiger partial charge on any atom is 0.124 e. The molecule has 4 heteroatoms. The third-order valence-corrected chi connectivity index (χ3v) is 2.67. The van der Waals surface area contributed by atoms with E-state index in [4.69, 9.17) is 5.11 Å². The lowest BCUT2D eigenvalue weighted by molar-refractivity contribution is 0.251. The van der Waals surface area contributed by atoms with Crippen LogP contribution in [0.4, 0.5) is 4.39 Å². The fourth-order valence-corrected chi connectivity index (χ4v) is 1.50. The molecule has 0 amide bonds. The quantitative estimate of drug-likeness (QED) is 0.870. The summed E-state index contributed by atoms with van der Waals surface area (Å²) in [6, 6.07) is 4.62. The lowest BCUT2D eigenvalue weighted by Gasteiger charge is -2.11. The molecule has 1 aromatic carbocycles. The zero-order valence-electron chi connectivity index (χ0n) is 7.93. The Morgan fingerprint density at radius 2 is 2.29 bits per heavy atom. The van der Waals surface area contributed by atoms with Gasteiger partial charge in [0.25, 0.3) is 0 Å². The first-order chi connectivity index (χ1) is 6.63. The monoisotopic (exact) mass is 261 g/mol. The van der Waals surface area contributed by atoms with Crippen molar-refractivity contribution < 1.29 is 9.50 Å². The summed E-state index contributed by atoms with van der Waals surface area (Å²) in [7, 11) is 0. The Hall–Kier alpha value is -0.450. The molecule has 14 heavy (non-hydrogen) atoms. The Morgan fingerprint density at radius 3 is 2.86 bits per heavy atom. The Kier molecular flexibility index (Phi) is 4.51.